The van der Waals surface area contributed by atoms with Crippen LogP contribution in [0.15, 0.2) is 96.3 Å². The Balaban J connectivity index is 1.85. The molecule has 5 rings (SSSR count). The van der Waals surface area contributed by atoms with Gasteiger partial charge < -0.3 is 0 Å². The maximum atomic E-state index is 14.0. The van der Waals surface area contributed by atoms with Gasteiger partial charge in [0.15, 0.2) is 5.82 Å². The number of rotatable bonds is 5. The number of nitrogens with zero attached hydrogens (tertiary/aromatic N) is 4. The Morgan fingerprint density at radius 2 is 1.50 bits per heavy atom. The summed E-state index contributed by atoms with van der Waals surface area (Å²) in [5.41, 5.74) is 1.38. The zero-order chi connectivity index (χ0) is 27.1. The highest BCUT2D eigenvalue weighted by molar-refractivity contribution is 7.89. The molecule has 0 spiro atoms. The third-order valence-corrected chi connectivity index (χ3v) is 6.52. The van der Waals surface area contributed by atoms with Crippen LogP contribution in [-0.4, -0.2) is 27.9 Å². The van der Waals surface area contributed by atoms with E-state index >= 15 is 0 Å². The smallest absolute Gasteiger partial charge is 0.289 e. The Kier molecular flexibility index (Phi) is 6.29. The van der Waals surface area contributed by atoms with E-state index in [9.17, 15) is 26.0 Å². The molecule has 12 heteroatoms. The van der Waals surface area contributed by atoms with Crippen LogP contribution in [0.3, 0.4) is 0 Å². The molecule has 0 aliphatic carbocycles. The topological polar surface area (TPSA) is 104 Å². The second kappa shape index (κ2) is 9.47. The highest BCUT2D eigenvalue weighted by Gasteiger charge is 2.37. The largest absolute Gasteiger partial charge is 0.451 e. The first-order valence-corrected chi connectivity index (χ1v) is 12.5. The van der Waals surface area contributed by atoms with Crippen LogP contribution in [0.25, 0.3) is 39.5 Å². The van der Waals surface area contributed by atoms with E-state index in [1.807, 2.05) is 6.07 Å². The van der Waals surface area contributed by atoms with E-state index < -0.39 is 27.8 Å². The maximum absolute atomic E-state index is 14.0. The lowest BCUT2D eigenvalue weighted by Crippen LogP contribution is -2.16. The van der Waals surface area contributed by atoms with Crippen molar-refractivity contribution < 1.29 is 26.0 Å². The maximum Gasteiger partial charge on any atom is 0.451 e. The van der Waals surface area contributed by atoms with E-state index in [1.54, 1.807) is 24.3 Å². The molecule has 0 saturated heterocycles. The molecule has 3 aromatic carbocycles. The lowest BCUT2D eigenvalue weighted by Gasteiger charge is -2.18. The number of alkyl halides is 3. The van der Waals surface area contributed by atoms with Gasteiger partial charge in [-0.25, -0.2) is 32.9 Å². The molecular weight excluding hydrogens is 522 g/mol. The minimum Gasteiger partial charge on any atom is -0.289 e. The summed E-state index contributed by atoms with van der Waals surface area (Å²) in [5.74, 6) is -2.25. The second-order valence-corrected chi connectivity index (χ2v) is 9.77. The summed E-state index contributed by atoms with van der Waals surface area (Å²) in [4.78, 5) is 11.7. The van der Waals surface area contributed by atoms with Gasteiger partial charge in [0.25, 0.3) is 0 Å². The number of primary sulfonamides is 1. The quantitative estimate of drug-likeness (QED) is 0.299. The monoisotopic (exact) mass is 539 g/mol. The summed E-state index contributed by atoms with van der Waals surface area (Å²) in [7, 11) is -4.15. The van der Waals surface area contributed by atoms with Crippen molar-refractivity contribution in [3.05, 3.63) is 103 Å². The average Bonchev–Trinajstić information content (AvgIpc) is 3.38. The first kappa shape index (κ1) is 25.2. The molecule has 192 valence electrons. The highest BCUT2D eigenvalue weighted by atomic mass is 32.2. The number of hydrogen-bond donors (Lipinski definition) is 1. The molecule has 0 saturated carbocycles. The minimum absolute atomic E-state index is 0.0621. The number of hydrogen-bond acceptors (Lipinski definition) is 5. The molecule has 0 fully saturated rings. The Morgan fingerprint density at radius 1 is 0.816 bits per heavy atom. The standard InChI is InChI=1S/C26H17F4N5O2S/c27-19-11-9-17(10-12-19)23-22(18-7-4-8-20(13-18)38(31,36)37)24(34-25(33-23)26(28,29)30)35-14-21(32-15-35)16-5-2-1-3-6-16/h1-15H,(H2,31,36,37). The zero-order valence-electron chi connectivity index (χ0n) is 19.3. The molecule has 0 bridgehead atoms. The van der Waals surface area contributed by atoms with Gasteiger partial charge in [-0.15, -0.1) is 0 Å². The Bertz CT molecular complexity index is 1740. The molecule has 0 atom stereocenters. The first-order valence-electron chi connectivity index (χ1n) is 11.0. The van der Waals surface area contributed by atoms with Crippen LogP contribution in [-0.2, 0) is 16.2 Å². The zero-order valence-corrected chi connectivity index (χ0v) is 20.1. The number of imidazole rings is 1. The number of halogens is 4. The summed E-state index contributed by atoms with van der Waals surface area (Å²) in [6.45, 7) is 0. The Morgan fingerprint density at radius 3 is 2.16 bits per heavy atom. The number of benzene rings is 3. The molecule has 38 heavy (non-hydrogen) atoms. The summed E-state index contributed by atoms with van der Waals surface area (Å²) in [6.07, 6.45) is -2.13. The lowest BCUT2D eigenvalue weighted by atomic mass is 9.99. The van der Waals surface area contributed by atoms with Crippen molar-refractivity contribution in [3.63, 3.8) is 0 Å². The van der Waals surface area contributed by atoms with Crippen LogP contribution in [0.1, 0.15) is 5.82 Å². The fourth-order valence-electron chi connectivity index (χ4n) is 3.87. The predicted molar refractivity (Wildman–Crippen MR) is 132 cm³/mol. The van der Waals surface area contributed by atoms with Crippen LogP contribution in [0.5, 0.6) is 0 Å². The van der Waals surface area contributed by atoms with Crippen molar-refractivity contribution in [1.29, 1.82) is 0 Å². The number of nitrogens with two attached hydrogens (primary N) is 1. The van der Waals surface area contributed by atoms with Gasteiger partial charge in [0.2, 0.25) is 15.8 Å². The van der Waals surface area contributed by atoms with Gasteiger partial charge in [-0.1, -0.05) is 42.5 Å². The molecule has 0 radical (unpaired) electrons. The fourth-order valence-corrected chi connectivity index (χ4v) is 4.43. The van der Waals surface area contributed by atoms with Gasteiger partial charge in [0.1, 0.15) is 12.1 Å². The highest BCUT2D eigenvalue weighted by Crippen LogP contribution is 2.39. The van der Waals surface area contributed by atoms with Crippen molar-refractivity contribution in [1.82, 2.24) is 19.5 Å². The molecular formula is C26H17F4N5O2S. The van der Waals surface area contributed by atoms with Crippen molar-refractivity contribution >= 4 is 10.0 Å². The van der Waals surface area contributed by atoms with Crippen molar-refractivity contribution in [3.8, 4) is 39.5 Å². The molecule has 7 nitrogen and oxygen atoms in total. The summed E-state index contributed by atoms with van der Waals surface area (Å²) in [6, 6.07) is 19.0. The van der Waals surface area contributed by atoms with Gasteiger partial charge in [0, 0.05) is 17.3 Å². The molecule has 0 unspecified atom stereocenters. The predicted octanol–water partition coefficient (Wildman–Crippen LogP) is 5.47. The summed E-state index contributed by atoms with van der Waals surface area (Å²) < 4.78 is 81.0. The SMILES string of the molecule is NS(=O)(=O)c1cccc(-c2c(-c3ccc(F)cc3)nc(C(F)(F)F)nc2-n2cnc(-c3ccccc3)c2)c1. The molecule has 5 aromatic rings. The van der Waals surface area contributed by atoms with Gasteiger partial charge >= 0.3 is 6.18 Å². The van der Waals surface area contributed by atoms with Gasteiger partial charge in [-0.05, 0) is 42.0 Å². The van der Waals surface area contributed by atoms with Gasteiger partial charge in [-0.2, -0.15) is 13.2 Å². The van der Waals surface area contributed by atoms with Crippen molar-refractivity contribution in [2.75, 3.05) is 0 Å². The second-order valence-electron chi connectivity index (χ2n) is 8.20. The van der Waals surface area contributed by atoms with E-state index in [0.29, 0.717) is 11.3 Å². The third kappa shape index (κ3) is 5.04. The van der Waals surface area contributed by atoms with Crippen LogP contribution in [0.2, 0.25) is 0 Å². The van der Waals surface area contributed by atoms with Gasteiger partial charge in [0.05, 0.1) is 21.8 Å². The van der Waals surface area contributed by atoms with Crippen LogP contribution >= 0.6 is 0 Å². The van der Waals surface area contributed by atoms with Crippen LogP contribution < -0.4 is 5.14 Å². The molecule has 0 aliphatic rings. The summed E-state index contributed by atoms with van der Waals surface area (Å²) >= 11 is 0. The molecule has 0 amide bonds. The number of aromatic nitrogens is 4. The third-order valence-electron chi connectivity index (χ3n) is 5.61. The first-order chi connectivity index (χ1) is 18.0. The average molecular weight is 540 g/mol. The van der Waals surface area contributed by atoms with Crippen molar-refractivity contribution in [2.45, 2.75) is 11.1 Å². The van der Waals surface area contributed by atoms with Crippen LogP contribution in [0.4, 0.5) is 17.6 Å². The van der Waals surface area contributed by atoms with E-state index in [0.717, 1.165) is 12.1 Å². The normalized spacial score (nSPS) is 12.0. The van der Waals surface area contributed by atoms with Crippen LogP contribution in [0, 0.1) is 5.82 Å². The number of sulfonamides is 1. The van der Waals surface area contributed by atoms with Gasteiger partial charge in [-0.3, -0.25) is 4.57 Å². The lowest BCUT2D eigenvalue weighted by molar-refractivity contribution is -0.144. The van der Waals surface area contributed by atoms with Crippen molar-refractivity contribution in [2.24, 2.45) is 5.14 Å². The minimum atomic E-state index is -4.92. The Hall–Kier alpha value is -4.42. The summed E-state index contributed by atoms with van der Waals surface area (Å²) in [5, 5.41) is 5.30. The molecule has 0 aliphatic heterocycles. The van der Waals surface area contributed by atoms with E-state index in [2.05, 4.69) is 15.0 Å². The fraction of sp³-hybridized carbons (Fsp3) is 0.0385. The van der Waals surface area contributed by atoms with E-state index in [1.165, 1.54) is 53.5 Å². The van der Waals surface area contributed by atoms with E-state index in [-0.39, 0.29) is 33.1 Å². The molecule has 2 heterocycles. The Labute approximate surface area is 214 Å². The molecule has 2 aromatic heterocycles. The van der Waals surface area contributed by atoms with E-state index in [4.69, 9.17) is 5.14 Å². The molecule has 2 N–H and O–H groups in total.